The fourth-order valence-corrected chi connectivity index (χ4v) is 7.12. The van der Waals surface area contributed by atoms with Crippen molar-refractivity contribution >= 4 is 32.4 Å². The summed E-state index contributed by atoms with van der Waals surface area (Å²) in [6.07, 6.45) is 3.78. The summed E-state index contributed by atoms with van der Waals surface area (Å²) in [7, 11) is 0. The zero-order chi connectivity index (χ0) is 27.2. The first kappa shape index (κ1) is 24.0. The molecular formula is C36H31FN2. The van der Waals surface area contributed by atoms with Crippen molar-refractivity contribution in [2.75, 3.05) is 0 Å². The number of rotatable bonds is 2. The molecule has 39 heavy (non-hydrogen) atoms. The first-order chi connectivity index (χ1) is 18.7. The van der Waals surface area contributed by atoms with Crippen LogP contribution in [0.5, 0.6) is 0 Å². The molecule has 0 radical (unpaired) electrons. The van der Waals surface area contributed by atoms with Gasteiger partial charge in [0.05, 0.1) is 11.2 Å². The Bertz CT molecular complexity index is 2000. The number of hydrogen-bond donors (Lipinski definition) is 0. The number of aryl methyl sites for hydroxylation is 1. The average molecular weight is 511 g/mol. The van der Waals surface area contributed by atoms with Gasteiger partial charge in [-0.15, -0.1) is 0 Å². The van der Waals surface area contributed by atoms with Crippen LogP contribution >= 0.6 is 0 Å². The molecule has 0 bridgehead atoms. The molecule has 0 N–H and O–H groups in total. The summed E-state index contributed by atoms with van der Waals surface area (Å²) >= 11 is 0. The largest absolute Gasteiger partial charge is 0.256 e. The highest BCUT2D eigenvalue weighted by atomic mass is 19.1. The van der Waals surface area contributed by atoms with Crippen molar-refractivity contribution in [3.05, 3.63) is 107 Å². The highest BCUT2D eigenvalue weighted by Crippen LogP contribution is 2.55. The maximum atomic E-state index is 14.8. The van der Waals surface area contributed by atoms with Gasteiger partial charge in [-0.2, -0.15) is 0 Å². The van der Waals surface area contributed by atoms with Gasteiger partial charge in [0, 0.05) is 34.1 Å². The highest BCUT2D eigenvalue weighted by molar-refractivity contribution is 6.15. The second-order valence-corrected chi connectivity index (χ2v) is 11.9. The summed E-state index contributed by atoms with van der Waals surface area (Å²) in [5.41, 5.74) is 10.9. The van der Waals surface area contributed by atoms with Crippen LogP contribution < -0.4 is 0 Å². The maximum Gasteiger partial charge on any atom is 0.126 e. The number of halogens is 1. The first-order valence-electron chi connectivity index (χ1n) is 13.7. The molecule has 2 heterocycles. The van der Waals surface area contributed by atoms with Gasteiger partial charge in [0.2, 0.25) is 0 Å². The summed E-state index contributed by atoms with van der Waals surface area (Å²) in [4.78, 5) is 9.46. The van der Waals surface area contributed by atoms with E-state index in [0.29, 0.717) is 5.92 Å². The number of nitrogens with zero attached hydrogens (tertiary/aromatic N) is 2. The number of hydrogen-bond acceptors (Lipinski definition) is 2. The molecule has 0 saturated carbocycles. The minimum absolute atomic E-state index is 0.132. The van der Waals surface area contributed by atoms with Crippen LogP contribution in [-0.4, -0.2) is 9.97 Å². The summed E-state index contributed by atoms with van der Waals surface area (Å²) < 4.78 is 14.8. The number of fused-ring (bicyclic) bond motifs is 8. The number of aromatic nitrogens is 2. The molecule has 3 heteroatoms. The minimum Gasteiger partial charge on any atom is -0.256 e. The average Bonchev–Trinajstić information content (AvgIpc) is 3.17. The molecule has 0 unspecified atom stereocenters. The predicted octanol–water partition coefficient (Wildman–Crippen LogP) is 9.79. The van der Waals surface area contributed by atoms with Crippen LogP contribution in [0.25, 0.3) is 54.8 Å². The molecule has 0 spiro atoms. The third-order valence-corrected chi connectivity index (χ3v) is 8.80. The van der Waals surface area contributed by atoms with Crippen LogP contribution in [-0.2, 0) is 5.41 Å². The monoisotopic (exact) mass is 510 g/mol. The third-order valence-electron chi connectivity index (χ3n) is 8.80. The molecule has 4 aromatic carbocycles. The molecule has 1 aliphatic rings. The van der Waals surface area contributed by atoms with E-state index in [1.54, 1.807) is 6.07 Å². The Labute approximate surface area is 228 Å². The molecule has 7 rings (SSSR count). The molecular weight excluding hydrogens is 479 g/mol. The van der Waals surface area contributed by atoms with Crippen LogP contribution in [0.2, 0.25) is 0 Å². The summed E-state index contributed by atoms with van der Waals surface area (Å²) in [6.45, 7) is 13.1. The fraction of sp³-hybridized carbons (Fsp3) is 0.222. The molecule has 0 amide bonds. The van der Waals surface area contributed by atoms with E-state index in [2.05, 4.69) is 82.1 Å². The molecule has 192 valence electrons. The van der Waals surface area contributed by atoms with Crippen LogP contribution in [0.3, 0.4) is 0 Å². The van der Waals surface area contributed by atoms with Gasteiger partial charge < -0.3 is 0 Å². The van der Waals surface area contributed by atoms with E-state index >= 15 is 0 Å². The molecule has 0 fully saturated rings. The zero-order valence-corrected chi connectivity index (χ0v) is 23.3. The lowest BCUT2D eigenvalue weighted by molar-refractivity contribution is 0.598. The lowest BCUT2D eigenvalue weighted by Gasteiger charge is -2.26. The van der Waals surface area contributed by atoms with E-state index in [1.165, 1.54) is 38.4 Å². The van der Waals surface area contributed by atoms with Gasteiger partial charge in [0.1, 0.15) is 5.82 Å². The zero-order valence-electron chi connectivity index (χ0n) is 23.3. The van der Waals surface area contributed by atoms with E-state index in [-0.39, 0.29) is 11.2 Å². The van der Waals surface area contributed by atoms with Gasteiger partial charge in [-0.1, -0.05) is 52.0 Å². The molecule has 1 aliphatic carbocycles. The number of pyridine rings is 2. The van der Waals surface area contributed by atoms with E-state index < -0.39 is 0 Å². The lowest BCUT2D eigenvalue weighted by atomic mass is 9.77. The van der Waals surface area contributed by atoms with Crippen molar-refractivity contribution < 1.29 is 4.39 Å². The molecule has 0 atom stereocenters. The van der Waals surface area contributed by atoms with Crippen molar-refractivity contribution in [2.45, 2.75) is 52.9 Å². The Morgan fingerprint density at radius 3 is 2.36 bits per heavy atom. The van der Waals surface area contributed by atoms with Crippen LogP contribution in [0.15, 0.2) is 73.1 Å². The van der Waals surface area contributed by atoms with E-state index in [1.807, 2.05) is 31.5 Å². The molecule has 2 nitrogen and oxygen atoms in total. The Balaban J connectivity index is 1.57. The topological polar surface area (TPSA) is 25.8 Å². The molecule has 0 saturated heterocycles. The van der Waals surface area contributed by atoms with Crippen LogP contribution in [0.1, 0.15) is 61.4 Å². The molecule has 2 aromatic heterocycles. The van der Waals surface area contributed by atoms with E-state index in [4.69, 9.17) is 4.98 Å². The predicted molar refractivity (Wildman–Crippen MR) is 161 cm³/mol. The maximum absolute atomic E-state index is 14.8. The van der Waals surface area contributed by atoms with Gasteiger partial charge in [-0.25, -0.2) is 4.39 Å². The fourth-order valence-electron chi connectivity index (χ4n) is 7.12. The standard InChI is InChI=1S/C36H31FN2/c1-19(2)28-18-29-24-13-15-39-35(23-16-20(3)34-22(17-23)8-7-14-38-34)26(24)10-9-25(29)33-31(28)27-11-12-30(37)21(4)32(27)36(33,5)6/h7-19H,1-6H3. The SMILES string of the molecule is Cc1c(F)ccc2c1C(C)(C)c1c-2c(C(C)C)cc2c1ccc1c(-c3cc(C)c4ncccc4c3)nccc12. The minimum atomic E-state index is -0.313. The first-order valence-corrected chi connectivity index (χ1v) is 13.7. The van der Waals surface area contributed by atoms with Crippen molar-refractivity contribution in [1.29, 1.82) is 0 Å². The number of benzene rings is 4. The van der Waals surface area contributed by atoms with Gasteiger partial charge in [-0.05, 0) is 111 Å². The normalized spacial score (nSPS) is 13.9. The quantitative estimate of drug-likeness (QED) is 0.217. The summed E-state index contributed by atoms with van der Waals surface area (Å²) in [5.74, 6) is 0.189. The summed E-state index contributed by atoms with van der Waals surface area (Å²) in [6, 6.07) is 21.1. The Hall–Kier alpha value is -4.11. The highest BCUT2D eigenvalue weighted by Gasteiger charge is 2.40. The van der Waals surface area contributed by atoms with Crippen molar-refractivity contribution in [2.24, 2.45) is 0 Å². The van der Waals surface area contributed by atoms with Gasteiger partial charge in [0.25, 0.3) is 0 Å². The van der Waals surface area contributed by atoms with Crippen molar-refractivity contribution in [3.8, 4) is 22.4 Å². The lowest BCUT2D eigenvalue weighted by Crippen LogP contribution is -2.18. The second-order valence-electron chi connectivity index (χ2n) is 11.9. The second kappa shape index (κ2) is 8.19. The Morgan fingerprint density at radius 2 is 1.56 bits per heavy atom. The summed E-state index contributed by atoms with van der Waals surface area (Å²) in [5, 5.41) is 5.92. The Kier molecular flexibility index (Phi) is 5.04. The van der Waals surface area contributed by atoms with E-state index in [0.717, 1.165) is 44.2 Å². The van der Waals surface area contributed by atoms with E-state index in [9.17, 15) is 4.39 Å². The van der Waals surface area contributed by atoms with Crippen LogP contribution in [0, 0.1) is 19.7 Å². The van der Waals surface area contributed by atoms with Gasteiger partial charge in [-0.3, -0.25) is 9.97 Å². The third kappa shape index (κ3) is 3.26. The molecule has 0 aliphatic heterocycles. The smallest absolute Gasteiger partial charge is 0.126 e. The van der Waals surface area contributed by atoms with Gasteiger partial charge >= 0.3 is 0 Å². The molecule has 6 aromatic rings. The Morgan fingerprint density at radius 1 is 0.769 bits per heavy atom. The van der Waals surface area contributed by atoms with Gasteiger partial charge in [0.15, 0.2) is 0 Å². The van der Waals surface area contributed by atoms with Crippen LogP contribution in [0.4, 0.5) is 4.39 Å². The van der Waals surface area contributed by atoms with Crippen molar-refractivity contribution in [1.82, 2.24) is 9.97 Å². The van der Waals surface area contributed by atoms with Crippen molar-refractivity contribution in [3.63, 3.8) is 0 Å².